The van der Waals surface area contributed by atoms with E-state index in [1.165, 1.54) is 7.11 Å². The molecule has 0 saturated carbocycles. The van der Waals surface area contributed by atoms with Crippen molar-refractivity contribution in [2.75, 3.05) is 21.3 Å². The highest BCUT2D eigenvalue weighted by Crippen LogP contribution is 2.28. The van der Waals surface area contributed by atoms with Crippen molar-refractivity contribution in [2.45, 2.75) is 13.0 Å². The third-order valence-corrected chi connectivity index (χ3v) is 3.60. The van der Waals surface area contributed by atoms with Crippen molar-refractivity contribution in [1.29, 1.82) is 0 Å². The summed E-state index contributed by atoms with van der Waals surface area (Å²) in [5, 5.41) is 2.96. The zero-order valence-electron chi connectivity index (χ0n) is 13.8. The molecule has 1 atom stereocenters. The van der Waals surface area contributed by atoms with E-state index >= 15 is 0 Å². The highest BCUT2D eigenvalue weighted by atomic mass is 16.5. The molecule has 5 nitrogen and oxygen atoms in total. The number of methoxy groups -OCH3 is 3. The van der Waals surface area contributed by atoms with Crippen molar-refractivity contribution in [2.24, 2.45) is 0 Å². The lowest BCUT2D eigenvalue weighted by Crippen LogP contribution is -2.27. The van der Waals surface area contributed by atoms with E-state index in [9.17, 15) is 4.79 Å². The number of carbonyl (C=O) groups is 1. The molecule has 0 fully saturated rings. The van der Waals surface area contributed by atoms with Crippen LogP contribution in [0, 0.1) is 0 Å². The summed E-state index contributed by atoms with van der Waals surface area (Å²) < 4.78 is 15.7. The number of ether oxygens (including phenoxy) is 3. The molecule has 0 aliphatic rings. The molecular weight excluding hydrogens is 294 g/mol. The topological polar surface area (TPSA) is 56.8 Å². The van der Waals surface area contributed by atoms with Crippen LogP contribution in [0.4, 0.5) is 0 Å². The Labute approximate surface area is 136 Å². The summed E-state index contributed by atoms with van der Waals surface area (Å²) in [4.78, 5) is 12.4. The molecule has 1 N–H and O–H groups in total. The maximum absolute atomic E-state index is 12.4. The van der Waals surface area contributed by atoms with Crippen LogP contribution in [0.1, 0.15) is 28.9 Å². The first kappa shape index (κ1) is 16.7. The van der Waals surface area contributed by atoms with Gasteiger partial charge in [-0.3, -0.25) is 4.79 Å². The number of benzene rings is 2. The van der Waals surface area contributed by atoms with E-state index in [0.717, 1.165) is 11.3 Å². The fourth-order valence-corrected chi connectivity index (χ4v) is 2.36. The second-order valence-corrected chi connectivity index (χ2v) is 5.01. The van der Waals surface area contributed by atoms with E-state index in [1.807, 2.05) is 31.2 Å². The van der Waals surface area contributed by atoms with Gasteiger partial charge in [-0.2, -0.15) is 0 Å². The van der Waals surface area contributed by atoms with E-state index < -0.39 is 0 Å². The monoisotopic (exact) mass is 315 g/mol. The van der Waals surface area contributed by atoms with Crippen LogP contribution in [0.25, 0.3) is 0 Å². The number of hydrogen-bond acceptors (Lipinski definition) is 4. The van der Waals surface area contributed by atoms with E-state index in [0.29, 0.717) is 17.1 Å². The van der Waals surface area contributed by atoms with Gasteiger partial charge in [0.05, 0.1) is 27.4 Å². The molecule has 0 heterocycles. The lowest BCUT2D eigenvalue weighted by atomic mass is 10.1. The number of nitrogens with one attached hydrogen (secondary N) is 1. The molecule has 1 unspecified atom stereocenters. The van der Waals surface area contributed by atoms with Gasteiger partial charge in [-0.05, 0) is 31.2 Å². The highest BCUT2D eigenvalue weighted by molar-refractivity contribution is 5.95. The Balaban J connectivity index is 2.18. The van der Waals surface area contributed by atoms with Crippen LogP contribution in [-0.2, 0) is 0 Å². The molecule has 2 rings (SSSR count). The van der Waals surface area contributed by atoms with Gasteiger partial charge in [0.15, 0.2) is 11.5 Å². The number of hydrogen-bond donors (Lipinski definition) is 1. The molecule has 0 aromatic heterocycles. The van der Waals surface area contributed by atoms with E-state index in [1.54, 1.807) is 32.4 Å². The van der Waals surface area contributed by atoms with Crippen molar-refractivity contribution in [3.05, 3.63) is 53.6 Å². The van der Waals surface area contributed by atoms with Gasteiger partial charge in [-0.15, -0.1) is 0 Å². The number of para-hydroxylation sites is 1. The molecular formula is C18H21NO4. The third-order valence-electron chi connectivity index (χ3n) is 3.60. The zero-order valence-corrected chi connectivity index (χ0v) is 13.8. The van der Waals surface area contributed by atoms with Crippen molar-refractivity contribution in [3.8, 4) is 17.2 Å². The summed E-state index contributed by atoms with van der Waals surface area (Å²) in [5.41, 5.74) is 1.42. The molecule has 2 aromatic rings. The third kappa shape index (κ3) is 3.74. The maximum atomic E-state index is 12.4. The minimum absolute atomic E-state index is 0.188. The number of amides is 1. The minimum Gasteiger partial charge on any atom is -0.496 e. The summed E-state index contributed by atoms with van der Waals surface area (Å²) in [6.07, 6.45) is 0. The van der Waals surface area contributed by atoms with Gasteiger partial charge in [0.1, 0.15) is 5.75 Å². The Morgan fingerprint density at radius 1 is 0.913 bits per heavy atom. The van der Waals surface area contributed by atoms with Crippen molar-refractivity contribution in [3.63, 3.8) is 0 Å². The summed E-state index contributed by atoms with van der Waals surface area (Å²) in [7, 11) is 4.71. The number of rotatable bonds is 6. The number of carbonyl (C=O) groups excluding carboxylic acids is 1. The van der Waals surface area contributed by atoms with Crippen molar-refractivity contribution < 1.29 is 19.0 Å². The van der Waals surface area contributed by atoms with Crippen LogP contribution in [0.3, 0.4) is 0 Å². The SMILES string of the molecule is COc1ccc(C(=O)NC(C)c2ccccc2OC)cc1OC. The van der Waals surface area contributed by atoms with Crippen molar-refractivity contribution >= 4 is 5.91 Å². The molecule has 2 aromatic carbocycles. The summed E-state index contributed by atoms with van der Waals surface area (Å²) >= 11 is 0. The van der Waals surface area contributed by atoms with Crippen LogP contribution >= 0.6 is 0 Å². The molecule has 0 aliphatic heterocycles. The van der Waals surface area contributed by atoms with E-state index in [4.69, 9.17) is 14.2 Å². The molecule has 0 radical (unpaired) electrons. The van der Waals surface area contributed by atoms with Gasteiger partial charge >= 0.3 is 0 Å². The van der Waals surface area contributed by atoms with Gasteiger partial charge < -0.3 is 19.5 Å². The first-order valence-corrected chi connectivity index (χ1v) is 7.26. The molecule has 5 heteroatoms. The Hall–Kier alpha value is -2.69. The average molecular weight is 315 g/mol. The van der Waals surface area contributed by atoms with Gasteiger partial charge in [0.2, 0.25) is 0 Å². The predicted octanol–water partition coefficient (Wildman–Crippen LogP) is 3.20. The fourth-order valence-electron chi connectivity index (χ4n) is 2.36. The zero-order chi connectivity index (χ0) is 16.8. The lowest BCUT2D eigenvalue weighted by molar-refractivity contribution is 0.0939. The quantitative estimate of drug-likeness (QED) is 0.889. The Kier molecular flexibility index (Phi) is 5.46. The van der Waals surface area contributed by atoms with Crippen LogP contribution in [0.5, 0.6) is 17.2 Å². The van der Waals surface area contributed by atoms with Gasteiger partial charge in [0, 0.05) is 11.1 Å². The summed E-state index contributed by atoms with van der Waals surface area (Å²) in [6.45, 7) is 1.91. The fraction of sp³-hybridized carbons (Fsp3) is 0.278. The second-order valence-electron chi connectivity index (χ2n) is 5.01. The normalized spacial score (nSPS) is 11.5. The minimum atomic E-state index is -0.190. The van der Waals surface area contributed by atoms with Gasteiger partial charge in [-0.1, -0.05) is 18.2 Å². The van der Waals surface area contributed by atoms with Crippen LogP contribution in [0.2, 0.25) is 0 Å². The molecule has 23 heavy (non-hydrogen) atoms. The predicted molar refractivity (Wildman–Crippen MR) is 88.4 cm³/mol. The second kappa shape index (κ2) is 7.54. The molecule has 0 aliphatic carbocycles. The molecule has 122 valence electrons. The first-order valence-electron chi connectivity index (χ1n) is 7.26. The first-order chi connectivity index (χ1) is 11.1. The van der Waals surface area contributed by atoms with Crippen molar-refractivity contribution in [1.82, 2.24) is 5.32 Å². The Morgan fingerprint density at radius 2 is 1.57 bits per heavy atom. The molecule has 1 amide bonds. The Bertz CT molecular complexity index is 684. The van der Waals surface area contributed by atoms with Gasteiger partial charge in [-0.25, -0.2) is 0 Å². The van der Waals surface area contributed by atoms with E-state index in [2.05, 4.69) is 5.32 Å². The summed E-state index contributed by atoms with van der Waals surface area (Å²) in [6, 6.07) is 12.5. The van der Waals surface area contributed by atoms with Gasteiger partial charge in [0.25, 0.3) is 5.91 Å². The smallest absolute Gasteiger partial charge is 0.251 e. The molecule has 0 saturated heterocycles. The largest absolute Gasteiger partial charge is 0.496 e. The molecule has 0 bridgehead atoms. The van der Waals surface area contributed by atoms with E-state index in [-0.39, 0.29) is 11.9 Å². The summed E-state index contributed by atoms with van der Waals surface area (Å²) in [5.74, 6) is 1.66. The van der Waals surface area contributed by atoms with Crippen LogP contribution < -0.4 is 19.5 Å². The van der Waals surface area contributed by atoms with Crippen LogP contribution in [0.15, 0.2) is 42.5 Å². The average Bonchev–Trinajstić information content (AvgIpc) is 2.60. The standard InChI is InChI=1S/C18H21NO4/c1-12(14-7-5-6-8-15(14)21-2)19-18(20)13-9-10-16(22-3)17(11-13)23-4/h5-12H,1-4H3,(H,19,20). The maximum Gasteiger partial charge on any atom is 0.251 e. The Morgan fingerprint density at radius 3 is 2.22 bits per heavy atom. The molecule has 0 spiro atoms. The lowest BCUT2D eigenvalue weighted by Gasteiger charge is -2.17. The highest BCUT2D eigenvalue weighted by Gasteiger charge is 2.16. The van der Waals surface area contributed by atoms with Crippen LogP contribution in [-0.4, -0.2) is 27.2 Å².